The molecule has 1 N–H and O–H groups in total. The van der Waals surface area contributed by atoms with Gasteiger partial charge in [-0.15, -0.1) is 19.6 Å². The van der Waals surface area contributed by atoms with Gasteiger partial charge in [0.05, 0.1) is 11.3 Å². The molecule has 1 aromatic carbocycles. The molecule has 7 nitrogen and oxygen atoms in total. The fourth-order valence-corrected chi connectivity index (χ4v) is 3.97. The Bertz CT molecular complexity index is 1160. The average molecular weight is 549 g/mol. The first-order valence-electron chi connectivity index (χ1n) is 10.7. The van der Waals surface area contributed by atoms with E-state index in [1.807, 2.05) is 0 Å². The molecule has 14 heteroatoms. The molecule has 1 unspecified atom stereocenters. The van der Waals surface area contributed by atoms with Crippen molar-refractivity contribution in [3.8, 4) is 18.1 Å². The molecule has 0 bridgehead atoms. The maximum absolute atomic E-state index is 14.2. The fraction of sp³-hybridized carbons (Fsp3) is 0.391. The highest BCUT2D eigenvalue weighted by molar-refractivity contribution is 6.32. The zero-order valence-corrected chi connectivity index (χ0v) is 19.6. The van der Waals surface area contributed by atoms with Crippen molar-refractivity contribution in [2.75, 3.05) is 4.90 Å². The lowest BCUT2D eigenvalue weighted by Gasteiger charge is -2.34. The number of alkyl halides is 7. The van der Waals surface area contributed by atoms with Crippen molar-refractivity contribution in [1.82, 2.24) is 15.3 Å². The van der Waals surface area contributed by atoms with Gasteiger partial charge in [-0.2, -0.15) is 0 Å². The molecule has 1 aliphatic carbocycles. The first-order chi connectivity index (χ1) is 17.3. The molecule has 1 fully saturated rings. The number of rotatable bonds is 7. The Hall–Kier alpha value is -3.53. The molecule has 0 spiro atoms. The van der Waals surface area contributed by atoms with Crippen LogP contribution in [0.25, 0.3) is 0 Å². The van der Waals surface area contributed by atoms with Gasteiger partial charge in [0.2, 0.25) is 11.8 Å². The van der Waals surface area contributed by atoms with Crippen molar-refractivity contribution in [3.05, 3.63) is 48.0 Å². The van der Waals surface area contributed by atoms with Crippen molar-refractivity contribution in [1.29, 1.82) is 0 Å². The number of halogens is 7. The molecule has 3 rings (SSSR count). The number of ether oxygens (including phenoxy) is 1. The number of terminal acetylenes is 1. The quantitative estimate of drug-likeness (QED) is 0.309. The summed E-state index contributed by atoms with van der Waals surface area (Å²) in [7, 11) is 0. The lowest BCUT2D eigenvalue weighted by Crippen LogP contribution is -2.49. The maximum Gasteiger partial charge on any atom is 0.573 e. The Balaban J connectivity index is 2.07. The van der Waals surface area contributed by atoms with Crippen LogP contribution in [0.5, 0.6) is 5.75 Å². The molecule has 1 heterocycles. The van der Waals surface area contributed by atoms with E-state index in [2.05, 4.69) is 25.9 Å². The zero-order chi connectivity index (χ0) is 27.4. The van der Waals surface area contributed by atoms with Gasteiger partial charge < -0.3 is 10.1 Å². The van der Waals surface area contributed by atoms with Crippen molar-refractivity contribution < 1.29 is 40.7 Å². The van der Waals surface area contributed by atoms with Crippen LogP contribution in [0.1, 0.15) is 42.9 Å². The summed E-state index contributed by atoms with van der Waals surface area (Å²) >= 11 is 5.42. The van der Waals surface area contributed by atoms with Gasteiger partial charge in [0, 0.05) is 36.8 Å². The number of carbonyl (C=O) groups is 2. The molecule has 2 atom stereocenters. The second-order valence-corrected chi connectivity index (χ2v) is 8.48. The van der Waals surface area contributed by atoms with Crippen LogP contribution < -0.4 is 15.0 Å². The Morgan fingerprint density at radius 1 is 1.22 bits per heavy atom. The van der Waals surface area contributed by atoms with Crippen LogP contribution in [-0.2, 0) is 9.59 Å². The number of benzene rings is 1. The van der Waals surface area contributed by atoms with Crippen molar-refractivity contribution >= 4 is 29.1 Å². The predicted molar refractivity (Wildman–Crippen MR) is 119 cm³/mol. The minimum Gasteiger partial charge on any atom is -0.406 e. The van der Waals surface area contributed by atoms with E-state index < -0.39 is 60.4 Å². The van der Waals surface area contributed by atoms with E-state index in [0.717, 1.165) is 36.9 Å². The third-order valence-corrected chi connectivity index (χ3v) is 5.69. The van der Waals surface area contributed by atoms with E-state index in [0.29, 0.717) is 4.90 Å². The van der Waals surface area contributed by atoms with E-state index in [9.17, 15) is 35.9 Å². The summed E-state index contributed by atoms with van der Waals surface area (Å²) in [6.45, 7) is 0. The second-order valence-electron chi connectivity index (χ2n) is 8.09. The Morgan fingerprint density at radius 2 is 1.84 bits per heavy atom. The standard InChI is InChI=1S/C23H19ClF6N4O3/c1-2-13-9-16(37-23(28,29)30)3-4-17(13)34(21(36)19(24)25)18(14-10-31-12-32-11-14)20(35)33-15-5-7-22(26,27)8-6-15/h1,3-4,9-12,15,18-19H,5-8H2,(H,33,35)/t18?,19-/m0/s1. The van der Waals surface area contributed by atoms with Gasteiger partial charge >= 0.3 is 6.36 Å². The molecule has 2 aromatic rings. The van der Waals surface area contributed by atoms with Crippen LogP contribution >= 0.6 is 11.6 Å². The average Bonchev–Trinajstić information content (AvgIpc) is 2.83. The Kier molecular flexibility index (Phi) is 8.53. The van der Waals surface area contributed by atoms with Crippen LogP contribution in [-0.4, -0.2) is 45.7 Å². The highest BCUT2D eigenvalue weighted by atomic mass is 35.5. The molecule has 37 heavy (non-hydrogen) atoms. The summed E-state index contributed by atoms with van der Waals surface area (Å²) in [5, 5.41) is 2.57. The van der Waals surface area contributed by atoms with Gasteiger partial charge in [0.15, 0.2) is 0 Å². The highest BCUT2D eigenvalue weighted by Crippen LogP contribution is 2.36. The summed E-state index contributed by atoms with van der Waals surface area (Å²) < 4.78 is 83.2. The number of amides is 2. The SMILES string of the molecule is C#Cc1cc(OC(F)(F)F)ccc1N(C(=O)[C@H](F)Cl)C(C(=O)NC1CCC(F)(F)CC1)c1cncnc1. The normalized spacial score (nSPS) is 17.2. The first-order valence-corrected chi connectivity index (χ1v) is 11.2. The summed E-state index contributed by atoms with van der Waals surface area (Å²) in [5.74, 6) is -3.92. The molecule has 1 aromatic heterocycles. The van der Waals surface area contributed by atoms with Crippen molar-refractivity contribution in [2.45, 2.75) is 55.7 Å². The summed E-state index contributed by atoms with van der Waals surface area (Å²) in [6.07, 6.45) is 2.71. The van der Waals surface area contributed by atoms with E-state index in [1.54, 1.807) is 0 Å². The summed E-state index contributed by atoms with van der Waals surface area (Å²) in [4.78, 5) is 34.5. The number of aromatic nitrogens is 2. The van der Waals surface area contributed by atoms with Gasteiger partial charge in [-0.1, -0.05) is 17.5 Å². The van der Waals surface area contributed by atoms with E-state index >= 15 is 0 Å². The second kappa shape index (κ2) is 11.2. The zero-order valence-electron chi connectivity index (χ0n) is 18.8. The summed E-state index contributed by atoms with van der Waals surface area (Å²) in [6, 6.07) is 0.103. The van der Waals surface area contributed by atoms with E-state index in [1.165, 1.54) is 0 Å². The first kappa shape index (κ1) is 28.0. The monoisotopic (exact) mass is 548 g/mol. The van der Waals surface area contributed by atoms with E-state index in [4.69, 9.17) is 18.0 Å². The predicted octanol–water partition coefficient (Wildman–Crippen LogP) is 4.66. The topological polar surface area (TPSA) is 84.4 Å². The van der Waals surface area contributed by atoms with Crippen LogP contribution in [0.2, 0.25) is 0 Å². The molecule has 1 aliphatic rings. The molecule has 0 aliphatic heterocycles. The lowest BCUT2D eigenvalue weighted by molar-refractivity contribution is -0.274. The molecule has 0 saturated heterocycles. The fourth-order valence-electron chi connectivity index (χ4n) is 3.86. The largest absolute Gasteiger partial charge is 0.573 e. The van der Waals surface area contributed by atoms with Crippen molar-refractivity contribution in [3.63, 3.8) is 0 Å². The van der Waals surface area contributed by atoms with E-state index in [-0.39, 0.29) is 29.7 Å². The number of carbonyl (C=O) groups excluding carboxylic acids is 2. The highest BCUT2D eigenvalue weighted by Gasteiger charge is 2.40. The van der Waals surface area contributed by atoms with Crippen LogP contribution in [0.15, 0.2) is 36.9 Å². The van der Waals surface area contributed by atoms with Gasteiger partial charge in [-0.25, -0.2) is 23.1 Å². The van der Waals surface area contributed by atoms with Gasteiger partial charge in [-0.3, -0.25) is 14.5 Å². The molecule has 1 saturated carbocycles. The number of hydrogen-bond acceptors (Lipinski definition) is 5. The minimum absolute atomic E-state index is 0.0367. The Labute approximate surface area is 212 Å². The van der Waals surface area contributed by atoms with Crippen LogP contribution in [0.3, 0.4) is 0 Å². The maximum atomic E-state index is 14.2. The third-order valence-electron chi connectivity index (χ3n) is 5.51. The summed E-state index contributed by atoms with van der Waals surface area (Å²) in [5.41, 5.74) is -3.43. The Morgan fingerprint density at radius 3 is 2.38 bits per heavy atom. The smallest absolute Gasteiger partial charge is 0.406 e. The number of anilines is 1. The third kappa shape index (κ3) is 7.25. The number of nitrogens with zero attached hydrogens (tertiary/aromatic N) is 3. The van der Waals surface area contributed by atoms with Crippen molar-refractivity contribution in [2.24, 2.45) is 0 Å². The van der Waals surface area contributed by atoms with Gasteiger partial charge in [0.25, 0.3) is 11.5 Å². The lowest BCUT2D eigenvalue weighted by atomic mass is 9.92. The van der Waals surface area contributed by atoms with Gasteiger partial charge in [0.1, 0.15) is 18.1 Å². The number of nitrogens with one attached hydrogen (secondary N) is 1. The molecule has 198 valence electrons. The molecule has 0 radical (unpaired) electrons. The molecule has 2 amide bonds. The van der Waals surface area contributed by atoms with Crippen LogP contribution in [0, 0.1) is 12.3 Å². The van der Waals surface area contributed by atoms with Crippen LogP contribution in [0.4, 0.5) is 32.0 Å². The van der Waals surface area contributed by atoms with Gasteiger partial charge in [-0.05, 0) is 31.0 Å². The molecular weight excluding hydrogens is 530 g/mol. The number of hydrogen-bond donors (Lipinski definition) is 1. The molecular formula is C23H19ClF6N4O3. The minimum atomic E-state index is -5.05.